The average Bonchev–Trinajstić information content (AvgIpc) is 2.70. The lowest BCUT2D eigenvalue weighted by molar-refractivity contribution is -0.131. The summed E-state index contributed by atoms with van der Waals surface area (Å²) in [5, 5.41) is 3.26. The number of rotatable bonds is 3. The van der Waals surface area contributed by atoms with Crippen molar-refractivity contribution in [2.45, 2.75) is 18.9 Å². The van der Waals surface area contributed by atoms with Gasteiger partial charge in [-0.1, -0.05) is 11.6 Å². The van der Waals surface area contributed by atoms with Crippen LogP contribution >= 0.6 is 11.6 Å². The lowest BCUT2D eigenvalue weighted by atomic mass is 10.2. The molecule has 1 unspecified atom stereocenters. The van der Waals surface area contributed by atoms with E-state index >= 15 is 0 Å². The predicted molar refractivity (Wildman–Crippen MR) is 72.4 cm³/mol. The number of nitrogens with zero attached hydrogens (tertiary/aromatic N) is 1. The van der Waals surface area contributed by atoms with Crippen molar-refractivity contribution >= 4 is 29.1 Å². The summed E-state index contributed by atoms with van der Waals surface area (Å²) < 4.78 is 5.16. The Morgan fingerprint density at radius 2 is 2.26 bits per heavy atom. The molecule has 1 heterocycles. The van der Waals surface area contributed by atoms with Gasteiger partial charge in [0.15, 0.2) is 0 Å². The molecule has 1 fully saturated rings. The first-order valence-corrected chi connectivity index (χ1v) is 6.31. The summed E-state index contributed by atoms with van der Waals surface area (Å²) in [6.45, 7) is 0. The number of carbonyl (C=O) groups is 2. The summed E-state index contributed by atoms with van der Waals surface area (Å²) >= 11 is 5.90. The van der Waals surface area contributed by atoms with Crippen molar-refractivity contribution < 1.29 is 14.3 Å². The second-order valence-corrected chi connectivity index (χ2v) is 4.83. The van der Waals surface area contributed by atoms with Crippen LogP contribution < -0.4 is 10.1 Å². The van der Waals surface area contributed by atoms with E-state index in [2.05, 4.69) is 5.32 Å². The Hall–Kier alpha value is -1.75. The van der Waals surface area contributed by atoms with Gasteiger partial charge in [0.1, 0.15) is 11.8 Å². The van der Waals surface area contributed by atoms with Crippen molar-refractivity contribution in [2.24, 2.45) is 0 Å². The highest BCUT2D eigenvalue weighted by Crippen LogP contribution is 2.28. The maximum atomic E-state index is 12.1. The molecule has 1 aromatic carbocycles. The topological polar surface area (TPSA) is 58.6 Å². The monoisotopic (exact) mass is 282 g/mol. The number of hydrogen-bond donors (Lipinski definition) is 1. The highest BCUT2D eigenvalue weighted by molar-refractivity contribution is 6.31. The minimum Gasteiger partial charge on any atom is -0.495 e. The number of methoxy groups -OCH3 is 1. The summed E-state index contributed by atoms with van der Waals surface area (Å²) in [5.74, 6) is 0.289. The molecule has 0 bridgehead atoms. The van der Waals surface area contributed by atoms with Crippen molar-refractivity contribution in [3.05, 3.63) is 23.2 Å². The molecule has 0 spiro atoms. The largest absolute Gasteiger partial charge is 0.495 e. The number of anilines is 1. The van der Waals surface area contributed by atoms with E-state index < -0.39 is 6.04 Å². The lowest BCUT2D eigenvalue weighted by Gasteiger charge is -2.20. The Morgan fingerprint density at radius 3 is 2.84 bits per heavy atom. The molecule has 102 valence electrons. The molecule has 0 saturated carbocycles. The van der Waals surface area contributed by atoms with Crippen LogP contribution in [-0.4, -0.2) is 36.9 Å². The fourth-order valence-corrected chi connectivity index (χ4v) is 2.28. The molecule has 1 N–H and O–H groups in total. The van der Waals surface area contributed by atoms with Gasteiger partial charge in [-0.3, -0.25) is 9.59 Å². The average molecular weight is 283 g/mol. The molecule has 0 aliphatic carbocycles. The maximum absolute atomic E-state index is 12.1. The van der Waals surface area contributed by atoms with Gasteiger partial charge in [-0.15, -0.1) is 0 Å². The van der Waals surface area contributed by atoms with Crippen LogP contribution in [-0.2, 0) is 9.59 Å². The lowest BCUT2D eigenvalue weighted by Crippen LogP contribution is -2.38. The van der Waals surface area contributed by atoms with Crippen LogP contribution in [0, 0.1) is 0 Å². The van der Waals surface area contributed by atoms with Crippen LogP contribution in [0.3, 0.4) is 0 Å². The van der Waals surface area contributed by atoms with E-state index in [1.54, 1.807) is 25.2 Å². The molecule has 1 aliphatic heterocycles. The van der Waals surface area contributed by atoms with Crippen molar-refractivity contribution in [1.82, 2.24) is 4.90 Å². The van der Waals surface area contributed by atoms with Gasteiger partial charge in [0.2, 0.25) is 11.8 Å². The fourth-order valence-electron chi connectivity index (χ4n) is 2.10. The Labute approximate surface area is 116 Å². The van der Waals surface area contributed by atoms with E-state index in [-0.39, 0.29) is 11.8 Å². The summed E-state index contributed by atoms with van der Waals surface area (Å²) in [4.78, 5) is 25.0. The Kier molecular flexibility index (Phi) is 3.95. The quantitative estimate of drug-likeness (QED) is 0.921. The van der Waals surface area contributed by atoms with E-state index in [9.17, 15) is 9.59 Å². The SMILES string of the molecule is COc1ccc(Cl)cc1NC(=O)C1CCC(=O)N1C. The molecule has 0 radical (unpaired) electrons. The smallest absolute Gasteiger partial charge is 0.247 e. The molecule has 1 atom stereocenters. The number of carbonyl (C=O) groups excluding carboxylic acids is 2. The highest BCUT2D eigenvalue weighted by Gasteiger charge is 2.33. The van der Waals surface area contributed by atoms with Crippen LogP contribution in [0.1, 0.15) is 12.8 Å². The highest BCUT2D eigenvalue weighted by atomic mass is 35.5. The van der Waals surface area contributed by atoms with Crippen molar-refractivity contribution in [3.8, 4) is 5.75 Å². The van der Waals surface area contributed by atoms with Crippen LogP contribution in [0.4, 0.5) is 5.69 Å². The van der Waals surface area contributed by atoms with Crippen molar-refractivity contribution in [3.63, 3.8) is 0 Å². The number of hydrogen-bond acceptors (Lipinski definition) is 3. The van der Waals surface area contributed by atoms with Crippen LogP contribution in [0.25, 0.3) is 0 Å². The first kappa shape index (κ1) is 13.7. The van der Waals surface area contributed by atoms with E-state index in [0.29, 0.717) is 29.3 Å². The summed E-state index contributed by atoms with van der Waals surface area (Å²) in [6, 6.07) is 4.55. The third-order valence-corrected chi connectivity index (χ3v) is 3.45. The third kappa shape index (κ3) is 2.81. The summed E-state index contributed by atoms with van der Waals surface area (Å²) in [7, 11) is 3.15. The fraction of sp³-hybridized carbons (Fsp3) is 0.385. The molecule has 6 heteroatoms. The standard InChI is InChI=1S/C13H15ClN2O3/c1-16-10(4-6-12(16)17)13(18)15-9-7-8(14)3-5-11(9)19-2/h3,5,7,10H,4,6H2,1-2H3,(H,15,18). The van der Waals surface area contributed by atoms with E-state index in [4.69, 9.17) is 16.3 Å². The number of amides is 2. The number of benzene rings is 1. The van der Waals surface area contributed by atoms with Crippen LogP contribution in [0.2, 0.25) is 5.02 Å². The molecular weight excluding hydrogens is 268 g/mol. The zero-order chi connectivity index (χ0) is 14.0. The third-order valence-electron chi connectivity index (χ3n) is 3.21. The molecular formula is C13H15ClN2O3. The minimum absolute atomic E-state index is 0.0155. The molecule has 1 aromatic rings. The Balaban J connectivity index is 2.15. The van der Waals surface area contributed by atoms with Gasteiger partial charge >= 0.3 is 0 Å². The maximum Gasteiger partial charge on any atom is 0.247 e. The molecule has 1 saturated heterocycles. The number of likely N-dealkylation sites (tertiary alicyclic amines) is 1. The van der Waals surface area contributed by atoms with Gasteiger partial charge in [0.05, 0.1) is 12.8 Å². The second-order valence-electron chi connectivity index (χ2n) is 4.39. The van der Waals surface area contributed by atoms with Crippen LogP contribution in [0.15, 0.2) is 18.2 Å². The molecule has 19 heavy (non-hydrogen) atoms. The minimum atomic E-state index is -0.434. The summed E-state index contributed by atoms with van der Waals surface area (Å²) in [6.07, 6.45) is 0.936. The molecule has 5 nitrogen and oxygen atoms in total. The molecule has 2 amide bonds. The molecule has 2 rings (SSSR count). The normalized spacial score (nSPS) is 18.6. The van der Waals surface area contributed by atoms with Crippen molar-refractivity contribution in [1.29, 1.82) is 0 Å². The van der Waals surface area contributed by atoms with Gasteiger partial charge in [-0.25, -0.2) is 0 Å². The molecule has 0 aromatic heterocycles. The van der Waals surface area contributed by atoms with Gasteiger partial charge in [0, 0.05) is 18.5 Å². The van der Waals surface area contributed by atoms with Crippen molar-refractivity contribution in [2.75, 3.05) is 19.5 Å². The van der Waals surface area contributed by atoms with E-state index in [0.717, 1.165) is 0 Å². The number of ether oxygens (including phenoxy) is 1. The van der Waals surface area contributed by atoms with Gasteiger partial charge in [-0.2, -0.15) is 0 Å². The number of likely N-dealkylation sites (N-methyl/N-ethyl adjacent to an activating group) is 1. The molecule has 1 aliphatic rings. The zero-order valence-corrected chi connectivity index (χ0v) is 11.5. The number of nitrogens with one attached hydrogen (secondary N) is 1. The Bertz CT molecular complexity index is 519. The van der Waals surface area contributed by atoms with E-state index in [1.807, 2.05) is 0 Å². The summed E-state index contributed by atoms with van der Waals surface area (Å²) in [5.41, 5.74) is 0.507. The second kappa shape index (κ2) is 5.48. The van der Waals surface area contributed by atoms with Gasteiger partial charge < -0.3 is 15.0 Å². The van der Waals surface area contributed by atoms with E-state index in [1.165, 1.54) is 12.0 Å². The zero-order valence-electron chi connectivity index (χ0n) is 10.8. The Morgan fingerprint density at radius 1 is 1.53 bits per heavy atom. The predicted octanol–water partition coefficient (Wildman–Crippen LogP) is 1.91. The first-order chi connectivity index (χ1) is 9.02. The van der Waals surface area contributed by atoms with Gasteiger partial charge in [-0.05, 0) is 24.6 Å². The number of halogens is 1. The van der Waals surface area contributed by atoms with Crippen LogP contribution in [0.5, 0.6) is 5.75 Å². The first-order valence-electron chi connectivity index (χ1n) is 5.93. The van der Waals surface area contributed by atoms with Gasteiger partial charge in [0.25, 0.3) is 0 Å².